The maximum absolute atomic E-state index is 6.07. The molecule has 0 aromatic carbocycles. The molecule has 0 saturated heterocycles. The minimum atomic E-state index is 0.540. The van der Waals surface area contributed by atoms with E-state index in [1.165, 1.54) is 34.4 Å². The smallest absolute Gasteiger partial charge is 0.131 e. The van der Waals surface area contributed by atoms with Crippen LogP contribution in [0.2, 0.25) is 5.15 Å². The summed E-state index contributed by atoms with van der Waals surface area (Å²) < 4.78 is 1.17. The Balaban J connectivity index is 0.000000315. The number of thiophene rings is 2. The second-order valence-electron chi connectivity index (χ2n) is 6.29. The summed E-state index contributed by atoms with van der Waals surface area (Å²) in [5, 5.41) is 11.4. The lowest BCUT2D eigenvalue weighted by Gasteiger charge is -2.15. The molecule has 1 atom stereocenters. The highest BCUT2D eigenvalue weighted by molar-refractivity contribution is 7.18. The van der Waals surface area contributed by atoms with E-state index in [9.17, 15) is 0 Å². The highest BCUT2D eigenvalue weighted by Crippen LogP contribution is 2.33. The molecule has 0 bridgehead atoms. The fourth-order valence-electron chi connectivity index (χ4n) is 2.87. The van der Waals surface area contributed by atoms with Gasteiger partial charge in [0.15, 0.2) is 0 Å². The maximum atomic E-state index is 6.07. The van der Waals surface area contributed by atoms with Gasteiger partial charge in [-0.05, 0) is 55.6 Å². The molecule has 0 spiro atoms. The Bertz CT molecular complexity index is 857. The van der Waals surface area contributed by atoms with Crippen LogP contribution in [-0.2, 0) is 6.54 Å². The molecule has 3 aromatic rings. The summed E-state index contributed by atoms with van der Waals surface area (Å²) >= 11 is 9.52. The van der Waals surface area contributed by atoms with Crippen LogP contribution in [0, 0.1) is 6.92 Å². The van der Waals surface area contributed by atoms with Crippen molar-refractivity contribution in [2.75, 3.05) is 12.4 Å². The topological polar surface area (TPSA) is 37.0 Å². The number of anilines is 1. The van der Waals surface area contributed by atoms with Gasteiger partial charge in [-0.1, -0.05) is 57.5 Å². The van der Waals surface area contributed by atoms with Gasteiger partial charge in [0, 0.05) is 23.5 Å². The quantitative estimate of drug-likeness (QED) is 0.300. The molecule has 0 amide bonds. The molecule has 0 fully saturated rings. The van der Waals surface area contributed by atoms with Gasteiger partial charge in [0.1, 0.15) is 5.15 Å². The fourth-order valence-corrected chi connectivity index (χ4v) is 4.70. The Kier molecular flexibility index (Phi) is 13.7. The number of allylic oxidation sites excluding steroid dienone is 1. The van der Waals surface area contributed by atoms with Gasteiger partial charge in [0.25, 0.3) is 0 Å². The summed E-state index contributed by atoms with van der Waals surface area (Å²) in [6, 6.07) is 6.83. The average Bonchev–Trinajstić information content (AvgIpc) is 3.46. The van der Waals surface area contributed by atoms with E-state index in [0.717, 1.165) is 23.8 Å². The third-order valence-electron chi connectivity index (χ3n) is 4.38. The highest BCUT2D eigenvalue weighted by Gasteiger charge is 2.09. The number of halogens is 1. The average molecular weight is 466 g/mol. The lowest BCUT2D eigenvalue weighted by molar-refractivity contribution is 0.517. The number of hydrogen-bond donors (Lipinski definition) is 2. The zero-order valence-corrected chi connectivity index (χ0v) is 21.5. The van der Waals surface area contributed by atoms with Gasteiger partial charge in [-0.2, -0.15) is 0 Å². The SMILES string of the molecule is CC.CC.CNC1CC=CCC1.Cc1csc2c(NCc3cccs3)cc(Cl)nc12. The molecule has 30 heavy (non-hydrogen) atoms. The molecule has 166 valence electrons. The number of nitrogens with one attached hydrogen (secondary N) is 2. The molecule has 0 saturated carbocycles. The van der Waals surface area contributed by atoms with E-state index in [2.05, 4.69) is 57.6 Å². The van der Waals surface area contributed by atoms with Crippen molar-refractivity contribution in [2.24, 2.45) is 0 Å². The molecule has 1 aliphatic carbocycles. The molecule has 0 radical (unpaired) electrons. The Hall–Kier alpha value is -1.40. The lowest BCUT2D eigenvalue weighted by Crippen LogP contribution is -2.25. The number of aromatic nitrogens is 1. The second-order valence-corrected chi connectivity index (χ2v) is 8.59. The highest BCUT2D eigenvalue weighted by atomic mass is 35.5. The van der Waals surface area contributed by atoms with E-state index < -0.39 is 0 Å². The predicted octanol–water partition coefficient (Wildman–Crippen LogP) is 8.30. The molecule has 2 N–H and O–H groups in total. The van der Waals surface area contributed by atoms with Crippen molar-refractivity contribution in [2.45, 2.75) is 66.5 Å². The number of hydrogen-bond acceptors (Lipinski definition) is 5. The first-order valence-corrected chi connectivity index (χ1v) is 12.9. The third kappa shape index (κ3) is 8.38. The van der Waals surface area contributed by atoms with Crippen molar-refractivity contribution in [3.63, 3.8) is 0 Å². The molecule has 3 nitrogen and oxygen atoms in total. The normalized spacial score (nSPS) is 14.6. The monoisotopic (exact) mass is 465 g/mol. The lowest BCUT2D eigenvalue weighted by atomic mass is 10.0. The Morgan fingerprint density at radius 1 is 1.17 bits per heavy atom. The van der Waals surface area contributed by atoms with Crippen LogP contribution in [0.25, 0.3) is 10.2 Å². The Morgan fingerprint density at radius 3 is 2.50 bits per heavy atom. The first kappa shape index (κ1) is 26.6. The molecule has 3 aromatic heterocycles. The van der Waals surface area contributed by atoms with Crippen molar-refractivity contribution < 1.29 is 0 Å². The maximum Gasteiger partial charge on any atom is 0.131 e. The van der Waals surface area contributed by atoms with E-state index >= 15 is 0 Å². The molecule has 1 aliphatic rings. The predicted molar refractivity (Wildman–Crippen MR) is 140 cm³/mol. The zero-order valence-electron chi connectivity index (χ0n) is 19.1. The van der Waals surface area contributed by atoms with E-state index in [4.69, 9.17) is 11.6 Å². The van der Waals surface area contributed by atoms with Crippen LogP contribution >= 0.6 is 34.3 Å². The van der Waals surface area contributed by atoms with Gasteiger partial charge in [-0.3, -0.25) is 0 Å². The van der Waals surface area contributed by atoms with Gasteiger partial charge in [0.2, 0.25) is 0 Å². The van der Waals surface area contributed by atoms with Crippen LogP contribution in [0.3, 0.4) is 0 Å². The van der Waals surface area contributed by atoms with Crippen LogP contribution in [0.1, 0.15) is 57.4 Å². The standard InChI is InChI=1S/C13H11ClN2S2.C7H13N.2C2H6/c1-8-7-18-13-10(5-11(14)16-12(8)13)15-6-9-3-2-4-17-9;1-8-7-5-3-2-4-6-7;2*1-2/h2-5,7H,6H2,1H3,(H,15,16);2-3,7-8H,4-6H2,1H3;2*1-2H3. The van der Waals surface area contributed by atoms with E-state index in [1.807, 2.05) is 40.8 Å². The van der Waals surface area contributed by atoms with Gasteiger partial charge in [0.05, 0.1) is 15.9 Å². The van der Waals surface area contributed by atoms with E-state index in [1.54, 1.807) is 22.7 Å². The van der Waals surface area contributed by atoms with Gasteiger partial charge in [-0.15, -0.1) is 22.7 Å². The Labute approximate surface area is 195 Å². The van der Waals surface area contributed by atoms with Crippen LogP contribution in [0.5, 0.6) is 0 Å². The number of aryl methyl sites for hydroxylation is 1. The fraction of sp³-hybridized carbons (Fsp3) is 0.458. The van der Waals surface area contributed by atoms with Crippen molar-refractivity contribution >= 4 is 50.2 Å². The zero-order chi connectivity index (χ0) is 22.4. The van der Waals surface area contributed by atoms with Crippen LogP contribution in [0.4, 0.5) is 5.69 Å². The minimum Gasteiger partial charge on any atom is -0.379 e. The molecule has 4 rings (SSSR count). The largest absolute Gasteiger partial charge is 0.379 e. The number of pyridine rings is 1. The van der Waals surface area contributed by atoms with Crippen molar-refractivity contribution in [1.29, 1.82) is 0 Å². The molecular weight excluding hydrogens is 430 g/mol. The van der Waals surface area contributed by atoms with Crippen molar-refractivity contribution in [1.82, 2.24) is 10.3 Å². The molecular formula is C24H36ClN3S2. The van der Waals surface area contributed by atoms with Gasteiger partial charge >= 0.3 is 0 Å². The summed E-state index contributed by atoms with van der Waals surface area (Å²) in [6.07, 6.45) is 8.30. The van der Waals surface area contributed by atoms with E-state index in [0.29, 0.717) is 5.15 Å². The molecule has 6 heteroatoms. The first-order chi connectivity index (χ1) is 14.7. The summed E-state index contributed by atoms with van der Waals surface area (Å²) in [4.78, 5) is 5.69. The number of fused-ring (bicyclic) bond motifs is 1. The number of rotatable bonds is 4. The van der Waals surface area contributed by atoms with Crippen LogP contribution in [0.15, 0.2) is 41.1 Å². The molecule has 0 aliphatic heterocycles. The second kappa shape index (κ2) is 15.4. The van der Waals surface area contributed by atoms with Gasteiger partial charge in [-0.25, -0.2) is 4.98 Å². The van der Waals surface area contributed by atoms with E-state index in [-0.39, 0.29) is 0 Å². The minimum absolute atomic E-state index is 0.540. The Morgan fingerprint density at radius 2 is 1.93 bits per heavy atom. The van der Waals surface area contributed by atoms with Crippen molar-refractivity contribution in [3.8, 4) is 0 Å². The summed E-state index contributed by atoms with van der Waals surface area (Å²) in [7, 11) is 2.03. The number of nitrogens with zero attached hydrogens (tertiary/aromatic N) is 1. The van der Waals surface area contributed by atoms with Crippen LogP contribution < -0.4 is 10.6 Å². The molecule has 1 unspecified atom stereocenters. The van der Waals surface area contributed by atoms with Gasteiger partial charge < -0.3 is 10.6 Å². The third-order valence-corrected chi connectivity index (χ3v) is 6.57. The molecule has 3 heterocycles. The summed E-state index contributed by atoms with van der Waals surface area (Å²) in [6.45, 7) is 10.9. The van der Waals surface area contributed by atoms with Crippen molar-refractivity contribution in [3.05, 3.63) is 56.7 Å². The summed E-state index contributed by atoms with van der Waals surface area (Å²) in [5.41, 5.74) is 3.24. The summed E-state index contributed by atoms with van der Waals surface area (Å²) in [5.74, 6) is 0. The first-order valence-electron chi connectivity index (χ1n) is 10.8. The van der Waals surface area contributed by atoms with Crippen LogP contribution in [-0.4, -0.2) is 18.1 Å².